The van der Waals surface area contributed by atoms with Crippen LogP contribution in [0.15, 0.2) is 72.3 Å². The molecule has 0 unspecified atom stereocenters. The van der Waals surface area contributed by atoms with E-state index >= 15 is 0 Å². The zero-order valence-corrected chi connectivity index (χ0v) is 20.9. The summed E-state index contributed by atoms with van der Waals surface area (Å²) in [6.07, 6.45) is 2.40. The Balaban J connectivity index is 1.40. The molecular formula is C29H26ClN3O3. The molecule has 0 atom stereocenters. The molecule has 2 aliphatic heterocycles. The van der Waals surface area contributed by atoms with Gasteiger partial charge in [-0.25, -0.2) is 9.69 Å². The van der Waals surface area contributed by atoms with Crippen molar-refractivity contribution in [3.05, 3.63) is 99.6 Å². The van der Waals surface area contributed by atoms with Crippen molar-refractivity contribution in [3.8, 4) is 0 Å². The van der Waals surface area contributed by atoms with Crippen LogP contribution in [0.3, 0.4) is 0 Å². The molecule has 7 heteroatoms. The standard InChI is InChI=1S/C29H26ClN3O3/c1-18(2)20-8-10-23(11-9-20)33-28(35)24(27(34)31-29(33)36)16-19-7-12-26-21(15-19)13-14-32(26)17-22-5-3-4-6-25(22)30/h3-12,15-16,18H,13-14,17H2,1-2H3,(H,31,34,36). The number of imide groups is 2. The van der Waals surface area contributed by atoms with Crippen LogP contribution in [-0.4, -0.2) is 24.4 Å². The summed E-state index contributed by atoms with van der Waals surface area (Å²) in [5.74, 6) is -1.01. The van der Waals surface area contributed by atoms with Crippen molar-refractivity contribution >= 4 is 46.9 Å². The number of carbonyl (C=O) groups excluding carboxylic acids is 3. The van der Waals surface area contributed by atoms with Crippen LogP contribution >= 0.6 is 11.6 Å². The number of rotatable bonds is 5. The second kappa shape index (κ2) is 9.63. The molecule has 2 heterocycles. The molecule has 0 radical (unpaired) electrons. The molecular weight excluding hydrogens is 474 g/mol. The number of fused-ring (bicyclic) bond motifs is 1. The Bertz CT molecular complexity index is 1400. The molecule has 5 rings (SSSR count). The Kier molecular flexibility index (Phi) is 6.37. The number of carbonyl (C=O) groups is 3. The number of hydrogen-bond donors (Lipinski definition) is 1. The molecule has 3 aromatic rings. The monoisotopic (exact) mass is 499 g/mol. The normalized spacial score (nSPS) is 16.7. The van der Waals surface area contributed by atoms with Crippen LogP contribution in [0.4, 0.5) is 16.2 Å². The number of nitrogens with one attached hydrogen (secondary N) is 1. The van der Waals surface area contributed by atoms with Crippen LogP contribution in [0.1, 0.15) is 42.0 Å². The van der Waals surface area contributed by atoms with Gasteiger partial charge in [-0.3, -0.25) is 14.9 Å². The summed E-state index contributed by atoms with van der Waals surface area (Å²) in [4.78, 5) is 41.6. The van der Waals surface area contributed by atoms with Crippen molar-refractivity contribution in [2.75, 3.05) is 16.3 Å². The van der Waals surface area contributed by atoms with Gasteiger partial charge in [0.25, 0.3) is 11.8 Å². The van der Waals surface area contributed by atoms with Gasteiger partial charge in [-0.15, -0.1) is 0 Å². The van der Waals surface area contributed by atoms with Gasteiger partial charge < -0.3 is 4.90 Å². The van der Waals surface area contributed by atoms with Crippen molar-refractivity contribution in [1.82, 2.24) is 5.32 Å². The molecule has 0 aliphatic carbocycles. The quantitative estimate of drug-likeness (QED) is 0.361. The van der Waals surface area contributed by atoms with E-state index in [1.54, 1.807) is 18.2 Å². The third-order valence-corrected chi connectivity index (χ3v) is 7.01. The second-order valence-corrected chi connectivity index (χ2v) is 9.76. The summed E-state index contributed by atoms with van der Waals surface area (Å²) in [6.45, 7) is 5.70. The van der Waals surface area contributed by atoms with Gasteiger partial charge in [-0.2, -0.15) is 0 Å². The molecule has 182 valence electrons. The summed E-state index contributed by atoms with van der Waals surface area (Å²) in [6, 6.07) is 20.2. The maximum absolute atomic E-state index is 13.2. The lowest BCUT2D eigenvalue weighted by Gasteiger charge is -2.26. The molecule has 2 aliphatic rings. The SMILES string of the molecule is CC(C)c1ccc(N2C(=O)NC(=O)C(=Cc3ccc4c(c3)CCN4Cc3ccccc3Cl)C2=O)cc1. The Labute approximate surface area is 215 Å². The summed E-state index contributed by atoms with van der Waals surface area (Å²) in [5, 5.41) is 3.04. The highest BCUT2D eigenvalue weighted by atomic mass is 35.5. The number of urea groups is 1. The molecule has 3 aromatic carbocycles. The number of barbiturate groups is 1. The molecule has 0 aromatic heterocycles. The van der Waals surface area contributed by atoms with E-state index in [0.29, 0.717) is 18.2 Å². The highest BCUT2D eigenvalue weighted by Crippen LogP contribution is 2.32. The van der Waals surface area contributed by atoms with Gasteiger partial charge in [0.2, 0.25) is 0 Å². The smallest absolute Gasteiger partial charge is 0.335 e. The molecule has 1 saturated heterocycles. The Morgan fingerprint density at radius 3 is 2.47 bits per heavy atom. The molecule has 4 amide bonds. The zero-order chi connectivity index (χ0) is 25.4. The van der Waals surface area contributed by atoms with E-state index in [-0.39, 0.29) is 5.57 Å². The number of anilines is 2. The maximum atomic E-state index is 13.2. The fourth-order valence-electron chi connectivity index (χ4n) is 4.64. The third kappa shape index (κ3) is 4.52. The minimum Gasteiger partial charge on any atom is -0.367 e. The molecule has 0 bridgehead atoms. The minimum atomic E-state index is -0.747. The van der Waals surface area contributed by atoms with Crippen LogP contribution in [0.25, 0.3) is 6.08 Å². The summed E-state index contributed by atoms with van der Waals surface area (Å²) in [7, 11) is 0. The lowest BCUT2D eigenvalue weighted by Crippen LogP contribution is -2.54. The minimum absolute atomic E-state index is 0.0755. The number of benzene rings is 3. The first kappa shape index (κ1) is 23.8. The summed E-state index contributed by atoms with van der Waals surface area (Å²) >= 11 is 6.35. The first-order valence-electron chi connectivity index (χ1n) is 11.9. The van der Waals surface area contributed by atoms with Crippen LogP contribution in [0.2, 0.25) is 5.02 Å². The van der Waals surface area contributed by atoms with E-state index in [1.165, 1.54) is 0 Å². The molecule has 0 saturated carbocycles. The van der Waals surface area contributed by atoms with Crippen molar-refractivity contribution in [2.45, 2.75) is 32.7 Å². The number of hydrogen-bond acceptors (Lipinski definition) is 4. The average Bonchev–Trinajstić information content (AvgIpc) is 3.25. The predicted octanol–water partition coefficient (Wildman–Crippen LogP) is 5.69. The highest BCUT2D eigenvalue weighted by molar-refractivity contribution is 6.39. The van der Waals surface area contributed by atoms with Gasteiger partial charge in [-0.05, 0) is 71.0 Å². The average molecular weight is 500 g/mol. The largest absolute Gasteiger partial charge is 0.367 e. The molecule has 1 fully saturated rings. The van der Waals surface area contributed by atoms with Crippen LogP contribution in [-0.2, 0) is 22.6 Å². The highest BCUT2D eigenvalue weighted by Gasteiger charge is 2.37. The number of amides is 4. The first-order valence-corrected chi connectivity index (χ1v) is 12.3. The number of halogens is 1. The predicted molar refractivity (Wildman–Crippen MR) is 142 cm³/mol. The topological polar surface area (TPSA) is 69.7 Å². The van der Waals surface area contributed by atoms with Gasteiger partial charge in [0.15, 0.2) is 0 Å². The van der Waals surface area contributed by atoms with Crippen molar-refractivity contribution in [3.63, 3.8) is 0 Å². The van der Waals surface area contributed by atoms with Gasteiger partial charge in [0.1, 0.15) is 5.57 Å². The van der Waals surface area contributed by atoms with Crippen LogP contribution < -0.4 is 15.1 Å². The van der Waals surface area contributed by atoms with E-state index in [4.69, 9.17) is 11.6 Å². The van der Waals surface area contributed by atoms with E-state index in [2.05, 4.69) is 24.1 Å². The molecule has 1 N–H and O–H groups in total. The Morgan fingerprint density at radius 2 is 1.75 bits per heavy atom. The third-order valence-electron chi connectivity index (χ3n) is 6.64. The van der Waals surface area contributed by atoms with Crippen molar-refractivity contribution in [2.24, 2.45) is 0 Å². The van der Waals surface area contributed by atoms with E-state index in [9.17, 15) is 14.4 Å². The van der Waals surface area contributed by atoms with E-state index in [0.717, 1.165) is 50.8 Å². The van der Waals surface area contributed by atoms with Gasteiger partial charge in [-0.1, -0.05) is 61.8 Å². The fourth-order valence-corrected chi connectivity index (χ4v) is 4.84. The lowest BCUT2D eigenvalue weighted by atomic mass is 10.0. The second-order valence-electron chi connectivity index (χ2n) is 9.36. The van der Waals surface area contributed by atoms with Gasteiger partial charge in [0, 0.05) is 23.8 Å². The maximum Gasteiger partial charge on any atom is 0.335 e. The van der Waals surface area contributed by atoms with Crippen LogP contribution in [0.5, 0.6) is 0 Å². The Morgan fingerprint density at radius 1 is 1.00 bits per heavy atom. The van der Waals surface area contributed by atoms with Gasteiger partial charge >= 0.3 is 6.03 Å². The van der Waals surface area contributed by atoms with E-state index in [1.807, 2.05) is 54.6 Å². The van der Waals surface area contributed by atoms with Crippen LogP contribution in [0, 0.1) is 0 Å². The lowest BCUT2D eigenvalue weighted by molar-refractivity contribution is -0.122. The number of nitrogens with zero attached hydrogens (tertiary/aromatic N) is 2. The summed E-state index contributed by atoms with van der Waals surface area (Å²) in [5.41, 5.74) is 5.48. The molecule has 6 nitrogen and oxygen atoms in total. The Hall–Kier alpha value is -3.90. The van der Waals surface area contributed by atoms with Crippen molar-refractivity contribution < 1.29 is 14.4 Å². The molecule has 36 heavy (non-hydrogen) atoms. The van der Waals surface area contributed by atoms with Gasteiger partial charge in [0.05, 0.1) is 5.69 Å². The first-order chi connectivity index (χ1) is 17.3. The zero-order valence-electron chi connectivity index (χ0n) is 20.1. The van der Waals surface area contributed by atoms with Crippen molar-refractivity contribution in [1.29, 1.82) is 0 Å². The fraction of sp³-hybridized carbons (Fsp3) is 0.207. The molecule has 0 spiro atoms. The summed E-state index contributed by atoms with van der Waals surface area (Å²) < 4.78 is 0. The van der Waals surface area contributed by atoms with E-state index < -0.39 is 17.8 Å².